The highest BCUT2D eigenvalue weighted by Crippen LogP contribution is 2.30. The molecule has 2 fully saturated rings. The minimum absolute atomic E-state index is 0.161. The Morgan fingerprint density at radius 3 is 2.18 bits per heavy atom. The number of hydrogen-bond donors (Lipinski definition) is 1. The molecule has 2 saturated heterocycles. The lowest BCUT2D eigenvalue weighted by molar-refractivity contribution is -0.0960. The predicted octanol–water partition coefficient (Wildman–Crippen LogP) is 0.885. The minimum Gasteiger partial charge on any atom is -0.391 e. The van der Waals surface area contributed by atoms with Crippen molar-refractivity contribution in [2.45, 2.75) is 38.3 Å². The van der Waals surface area contributed by atoms with Crippen LogP contribution < -0.4 is 0 Å². The Kier molecular flexibility index (Phi) is 4.42. The van der Waals surface area contributed by atoms with Crippen LogP contribution in [0, 0.1) is 5.92 Å². The lowest BCUT2D eigenvalue weighted by Gasteiger charge is -2.46. The third-order valence-electron chi connectivity index (χ3n) is 4.26. The maximum atomic E-state index is 10.6. The van der Waals surface area contributed by atoms with E-state index in [1.165, 1.54) is 0 Å². The van der Waals surface area contributed by atoms with Crippen molar-refractivity contribution in [1.82, 2.24) is 4.90 Å². The molecule has 2 rings (SSSR count). The molecule has 1 atom stereocenters. The first-order chi connectivity index (χ1) is 8.12. The molecule has 17 heavy (non-hydrogen) atoms. The van der Waals surface area contributed by atoms with Gasteiger partial charge in [-0.1, -0.05) is 0 Å². The maximum Gasteiger partial charge on any atom is 0.0748 e. The molecule has 0 aromatic rings. The van der Waals surface area contributed by atoms with Crippen molar-refractivity contribution in [2.75, 3.05) is 39.5 Å². The van der Waals surface area contributed by atoms with Crippen LogP contribution in [0.4, 0.5) is 0 Å². The molecule has 0 radical (unpaired) electrons. The van der Waals surface area contributed by atoms with Crippen LogP contribution in [0.3, 0.4) is 0 Å². The van der Waals surface area contributed by atoms with Gasteiger partial charge in [0.2, 0.25) is 0 Å². The van der Waals surface area contributed by atoms with Crippen LogP contribution in [0.15, 0.2) is 0 Å². The van der Waals surface area contributed by atoms with E-state index >= 15 is 0 Å². The van der Waals surface area contributed by atoms with E-state index in [9.17, 15) is 5.11 Å². The normalized spacial score (nSPS) is 27.0. The van der Waals surface area contributed by atoms with Crippen LogP contribution >= 0.6 is 0 Å². The third kappa shape index (κ3) is 2.99. The molecule has 0 bridgehead atoms. The highest BCUT2D eigenvalue weighted by Gasteiger charge is 2.39. The molecule has 1 unspecified atom stereocenters. The molecule has 2 heterocycles. The first-order valence-corrected chi connectivity index (χ1v) is 6.71. The van der Waals surface area contributed by atoms with Crippen LogP contribution in [-0.2, 0) is 9.47 Å². The summed E-state index contributed by atoms with van der Waals surface area (Å²) in [4.78, 5) is 2.36. The van der Waals surface area contributed by atoms with Gasteiger partial charge < -0.3 is 14.6 Å². The summed E-state index contributed by atoms with van der Waals surface area (Å²) in [5.74, 6) is 0.376. The lowest BCUT2D eigenvalue weighted by Crippen LogP contribution is -2.58. The van der Waals surface area contributed by atoms with Gasteiger partial charge >= 0.3 is 0 Å². The highest BCUT2D eigenvalue weighted by molar-refractivity contribution is 4.93. The molecule has 0 aliphatic carbocycles. The lowest BCUT2D eigenvalue weighted by atomic mass is 9.81. The number of aliphatic hydroxyl groups excluding tert-OH is 1. The maximum absolute atomic E-state index is 10.6. The summed E-state index contributed by atoms with van der Waals surface area (Å²) in [6, 6.07) is 0. The first-order valence-electron chi connectivity index (χ1n) is 6.71. The van der Waals surface area contributed by atoms with Gasteiger partial charge in [0.05, 0.1) is 19.3 Å². The largest absolute Gasteiger partial charge is 0.391 e. The number of aliphatic hydroxyl groups is 1. The van der Waals surface area contributed by atoms with Crippen molar-refractivity contribution in [2.24, 2.45) is 5.92 Å². The van der Waals surface area contributed by atoms with Gasteiger partial charge in [-0.05, 0) is 32.6 Å². The second-order valence-corrected chi connectivity index (χ2v) is 5.65. The summed E-state index contributed by atoms with van der Waals surface area (Å²) < 4.78 is 10.7. The summed E-state index contributed by atoms with van der Waals surface area (Å²) >= 11 is 0. The Balaban J connectivity index is 1.96. The van der Waals surface area contributed by atoms with Crippen molar-refractivity contribution in [1.29, 1.82) is 0 Å². The molecule has 0 amide bonds. The fourth-order valence-electron chi connectivity index (χ4n) is 2.94. The topological polar surface area (TPSA) is 41.9 Å². The van der Waals surface area contributed by atoms with Crippen LogP contribution in [0.5, 0.6) is 0 Å². The van der Waals surface area contributed by atoms with E-state index in [0.717, 1.165) is 52.4 Å². The van der Waals surface area contributed by atoms with Crippen molar-refractivity contribution < 1.29 is 14.6 Å². The Morgan fingerprint density at radius 1 is 1.06 bits per heavy atom. The van der Waals surface area contributed by atoms with Gasteiger partial charge in [-0.15, -0.1) is 0 Å². The first kappa shape index (κ1) is 13.3. The van der Waals surface area contributed by atoms with E-state index in [1.54, 1.807) is 0 Å². The fraction of sp³-hybridized carbons (Fsp3) is 1.00. The zero-order valence-corrected chi connectivity index (χ0v) is 11.0. The molecular weight excluding hydrogens is 218 g/mol. The summed E-state index contributed by atoms with van der Waals surface area (Å²) in [6.45, 7) is 9.30. The second-order valence-electron chi connectivity index (χ2n) is 5.65. The Bertz CT molecular complexity index is 233. The Labute approximate surface area is 104 Å². The number of rotatable bonds is 3. The van der Waals surface area contributed by atoms with Gasteiger partial charge in [0, 0.05) is 31.8 Å². The molecule has 4 heteroatoms. The molecule has 0 spiro atoms. The predicted molar refractivity (Wildman–Crippen MR) is 66.0 cm³/mol. The average Bonchev–Trinajstić information content (AvgIpc) is 2.40. The van der Waals surface area contributed by atoms with E-state index in [0.29, 0.717) is 5.92 Å². The smallest absolute Gasteiger partial charge is 0.0748 e. The fourth-order valence-corrected chi connectivity index (χ4v) is 2.94. The van der Waals surface area contributed by atoms with E-state index in [4.69, 9.17) is 9.47 Å². The molecular formula is C13H25NO3. The number of morpholine rings is 1. The van der Waals surface area contributed by atoms with Gasteiger partial charge in [-0.3, -0.25) is 4.90 Å². The summed E-state index contributed by atoms with van der Waals surface area (Å²) in [5.41, 5.74) is -0.161. The van der Waals surface area contributed by atoms with E-state index in [-0.39, 0.29) is 11.6 Å². The van der Waals surface area contributed by atoms with Crippen LogP contribution in [0.25, 0.3) is 0 Å². The monoisotopic (exact) mass is 243 g/mol. The van der Waals surface area contributed by atoms with E-state index in [1.807, 2.05) is 0 Å². The minimum atomic E-state index is -0.274. The van der Waals surface area contributed by atoms with Crippen molar-refractivity contribution in [3.63, 3.8) is 0 Å². The Morgan fingerprint density at radius 2 is 1.59 bits per heavy atom. The summed E-state index contributed by atoms with van der Waals surface area (Å²) in [5, 5.41) is 10.6. The van der Waals surface area contributed by atoms with E-state index in [2.05, 4.69) is 18.7 Å². The molecule has 1 N–H and O–H groups in total. The average molecular weight is 243 g/mol. The summed E-state index contributed by atoms with van der Waals surface area (Å²) in [6.07, 6.45) is 1.69. The molecule has 100 valence electrons. The van der Waals surface area contributed by atoms with Crippen molar-refractivity contribution in [3.05, 3.63) is 0 Å². The van der Waals surface area contributed by atoms with Gasteiger partial charge in [0.15, 0.2) is 0 Å². The number of ether oxygens (including phenoxy) is 2. The molecule has 2 aliphatic rings. The highest BCUT2D eigenvalue weighted by atomic mass is 16.5. The van der Waals surface area contributed by atoms with Crippen molar-refractivity contribution in [3.8, 4) is 0 Å². The summed E-state index contributed by atoms with van der Waals surface area (Å²) in [7, 11) is 0. The van der Waals surface area contributed by atoms with Crippen molar-refractivity contribution >= 4 is 0 Å². The van der Waals surface area contributed by atoms with Gasteiger partial charge in [-0.2, -0.15) is 0 Å². The number of hydrogen-bond acceptors (Lipinski definition) is 4. The van der Waals surface area contributed by atoms with Crippen LogP contribution in [0.2, 0.25) is 0 Å². The zero-order valence-electron chi connectivity index (χ0n) is 11.0. The van der Waals surface area contributed by atoms with Gasteiger partial charge in [0.25, 0.3) is 0 Å². The molecule has 0 saturated carbocycles. The molecule has 2 aliphatic heterocycles. The molecule has 0 aromatic carbocycles. The SMILES string of the molecule is CC(C)(C(O)C1CCOCC1)N1CCOCC1. The van der Waals surface area contributed by atoms with E-state index < -0.39 is 0 Å². The molecule has 0 aromatic heterocycles. The Hall–Kier alpha value is -0.160. The van der Waals surface area contributed by atoms with Gasteiger partial charge in [0.1, 0.15) is 0 Å². The third-order valence-corrected chi connectivity index (χ3v) is 4.26. The van der Waals surface area contributed by atoms with Crippen LogP contribution in [-0.4, -0.2) is 61.2 Å². The standard InChI is InChI=1S/C13H25NO3/c1-13(2,14-5-9-17-10-6-14)12(15)11-3-7-16-8-4-11/h11-12,15H,3-10H2,1-2H3. The van der Waals surface area contributed by atoms with Crippen LogP contribution in [0.1, 0.15) is 26.7 Å². The number of nitrogens with zero attached hydrogens (tertiary/aromatic N) is 1. The van der Waals surface area contributed by atoms with Gasteiger partial charge in [-0.25, -0.2) is 0 Å². The quantitative estimate of drug-likeness (QED) is 0.799. The molecule has 4 nitrogen and oxygen atoms in total. The zero-order chi connectivity index (χ0) is 12.3. The second kappa shape index (κ2) is 5.65.